The molecule has 1 aliphatic carbocycles. The van der Waals surface area contributed by atoms with Gasteiger partial charge in [-0.05, 0) is 31.2 Å². The Bertz CT molecular complexity index is 512. The second-order valence-electron chi connectivity index (χ2n) is 5.76. The number of rotatable bonds is 1. The molecule has 1 heterocycles. The van der Waals surface area contributed by atoms with Gasteiger partial charge in [-0.15, -0.1) is 0 Å². The van der Waals surface area contributed by atoms with E-state index in [-0.39, 0.29) is 12.8 Å². The van der Waals surface area contributed by atoms with Gasteiger partial charge in [0.15, 0.2) is 0 Å². The molecule has 0 bridgehead atoms. The zero-order valence-corrected chi connectivity index (χ0v) is 11.0. The lowest BCUT2D eigenvalue weighted by atomic mass is 9.73. The van der Waals surface area contributed by atoms with Crippen molar-refractivity contribution in [1.29, 1.82) is 0 Å². The molecule has 2 nitrogen and oxygen atoms in total. The maximum Gasteiger partial charge on any atom is 0.391 e. The Morgan fingerprint density at radius 1 is 1.30 bits per heavy atom. The smallest absolute Gasteiger partial charge is 0.391 e. The summed E-state index contributed by atoms with van der Waals surface area (Å²) in [6, 6.07) is 5.39. The minimum absolute atomic E-state index is 0.0989. The van der Waals surface area contributed by atoms with Crippen LogP contribution >= 0.6 is 0 Å². The highest BCUT2D eigenvalue weighted by Gasteiger charge is 2.48. The van der Waals surface area contributed by atoms with Gasteiger partial charge in [0.1, 0.15) is 5.75 Å². The second-order valence-corrected chi connectivity index (χ2v) is 5.76. The van der Waals surface area contributed by atoms with Gasteiger partial charge >= 0.3 is 6.18 Å². The van der Waals surface area contributed by atoms with Crippen LogP contribution in [0.4, 0.5) is 13.2 Å². The lowest BCUT2D eigenvalue weighted by molar-refractivity contribution is -0.202. The van der Waals surface area contributed by atoms with Crippen LogP contribution in [0.5, 0.6) is 5.75 Å². The number of benzene rings is 1. The fourth-order valence-corrected chi connectivity index (χ4v) is 3.36. The first-order valence-corrected chi connectivity index (χ1v) is 6.94. The molecule has 0 radical (unpaired) electrons. The molecule has 2 unspecified atom stereocenters. The van der Waals surface area contributed by atoms with Crippen molar-refractivity contribution in [3.05, 3.63) is 29.3 Å². The van der Waals surface area contributed by atoms with Crippen molar-refractivity contribution >= 4 is 0 Å². The zero-order chi connectivity index (χ0) is 14.4. The minimum atomic E-state index is -4.24. The van der Waals surface area contributed by atoms with Gasteiger partial charge in [0, 0.05) is 12.0 Å². The van der Waals surface area contributed by atoms with Crippen LogP contribution in [0.25, 0.3) is 0 Å². The van der Waals surface area contributed by atoms with E-state index >= 15 is 0 Å². The SMILES string of the molecule is OC1(c2cccc3c2OCC3)CCCC(C(F)(F)F)C1. The molecule has 0 aromatic heterocycles. The average molecular weight is 286 g/mol. The predicted octanol–water partition coefficient (Wildman–Crippen LogP) is 3.56. The van der Waals surface area contributed by atoms with Crippen molar-refractivity contribution in [3.63, 3.8) is 0 Å². The number of aliphatic hydroxyl groups is 1. The van der Waals surface area contributed by atoms with Crippen LogP contribution in [0.2, 0.25) is 0 Å². The quantitative estimate of drug-likeness (QED) is 0.855. The number of hydrogen-bond donors (Lipinski definition) is 1. The molecule has 20 heavy (non-hydrogen) atoms. The van der Waals surface area contributed by atoms with E-state index in [1.165, 1.54) is 0 Å². The Labute approximate surface area is 115 Å². The van der Waals surface area contributed by atoms with E-state index in [2.05, 4.69) is 0 Å². The van der Waals surface area contributed by atoms with Gasteiger partial charge < -0.3 is 9.84 Å². The largest absolute Gasteiger partial charge is 0.493 e. The monoisotopic (exact) mass is 286 g/mol. The number of alkyl halides is 3. The standard InChI is InChI=1S/C15H17F3O2/c16-15(17,18)11-4-2-7-14(19,9-11)12-5-1-3-10-6-8-20-13(10)12/h1,3,5,11,19H,2,4,6-9H2. The first kappa shape index (κ1) is 13.7. The van der Waals surface area contributed by atoms with Crippen LogP contribution in [-0.2, 0) is 12.0 Å². The fraction of sp³-hybridized carbons (Fsp3) is 0.600. The summed E-state index contributed by atoms with van der Waals surface area (Å²) in [5, 5.41) is 10.8. The molecule has 5 heteroatoms. The fourth-order valence-electron chi connectivity index (χ4n) is 3.36. The molecule has 0 amide bonds. The van der Waals surface area contributed by atoms with Crippen molar-refractivity contribution in [1.82, 2.24) is 0 Å². The molecular weight excluding hydrogens is 269 g/mol. The van der Waals surface area contributed by atoms with Crippen molar-refractivity contribution in [2.45, 2.75) is 43.9 Å². The van der Waals surface area contributed by atoms with E-state index in [4.69, 9.17) is 4.74 Å². The lowest BCUT2D eigenvalue weighted by Crippen LogP contribution is -2.38. The molecule has 2 atom stereocenters. The van der Waals surface area contributed by atoms with Crippen LogP contribution in [0.3, 0.4) is 0 Å². The van der Waals surface area contributed by atoms with Gasteiger partial charge in [-0.2, -0.15) is 13.2 Å². The highest BCUT2D eigenvalue weighted by molar-refractivity contribution is 5.47. The molecule has 1 aromatic rings. The lowest BCUT2D eigenvalue weighted by Gasteiger charge is -2.38. The van der Waals surface area contributed by atoms with E-state index in [0.29, 0.717) is 30.8 Å². The average Bonchev–Trinajstić information content (AvgIpc) is 2.85. The first-order valence-electron chi connectivity index (χ1n) is 6.94. The summed E-state index contributed by atoms with van der Waals surface area (Å²) in [4.78, 5) is 0. The van der Waals surface area contributed by atoms with Gasteiger partial charge in [0.25, 0.3) is 0 Å². The van der Waals surface area contributed by atoms with Gasteiger partial charge in [0.05, 0.1) is 18.1 Å². The third-order valence-electron chi connectivity index (χ3n) is 4.41. The normalized spacial score (nSPS) is 29.9. The van der Waals surface area contributed by atoms with E-state index in [9.17, 15) is 18.3 Å². The zero-order valence-electron chi connectivity index (χ0n) is 11.0. The highest BCUT2D eigenvalue weighted by atomic mass is 19.4. The van der Waals surface area contributed by atoms with Gasteiger partial charge in [-0.25, -0.2) is 0 Å². The van der Waals surface area contributed by atoms with Crippen LogP contribution in [0.1, 0.15) is 36.8 Å². The Morgan fingerprint density at radius 2 is 2.10 bits per heavy atom. The minimum Gasteiger partial charge on any atom is -0.493 e. The van der Waals surface area contributed by atoms with E-state index < -0.39 is 17.7 Å². The second kappa shape index (κ2) is 4.65. The van der Waals surface area contributed by atoms with Gasteiger partial charge in [-0.1, -0.05) is 18.2 Å². The van der Waals surface area contributed by atoms with Crippen LogP contribution < -0.4 is 4.74 Å². The topological polar surface area (TPSA) is 29.5 Å². The summed E-state index contributed by atoms with van der Waals surface area (Å²) in [5.41, 5.74) is 0.0835. The molecule has 1 aliphatic heterocycles. The summed E-state index contributed by atoms with van der Waals surface area (Å²) in [6.45, 7) is 0.533. The molecule has 0 spiro atoms. The van der Waals surface area contributed by atoms with Crippen LogP contribution in [-0.4, -0.2) is 17.9 Å². The summed E-state index contributed by atoms with van der Waals surface area (Å²) in [5.74, 6) is -0.837. The Balaban J connectivity index is 1.94. The summed E-state index contributed by atoms with van der Waals surface area (Å²) in [6.07, 6.45) is -2.92. The maximum atomic E-state index is 12.9. The van der Waals surface area contributed by atoms with Crippen molar-refractivity contribution in [3.8, 4) is 5.75 Å². The van der Waals surface area contributed by atoms with Gasteiger partial charge in [0.2, 0.25) is 0 Å². The third-order valence-corrected chi connectivity index (χ3v) is 4.41. The molecule has 1 aromatic carbocycles. The molecule has 1 N–H and O–H groups in total. The maximum absolute atomic E-state index is 12.9. The first-order chi connectivity index (χ1) is 9.40. The highest BCUT2D eigenvalue weighted by Crippen LogP contribution is 2.49. The Kier molecular flexibility index (Phi) is 3.20. The molecule has 0 saturated heterocycles. The van der Waals surface area contributed by atoms with Crippen molar-refractivity contribution in [2.75, 3.05) is 6.61 Å². The molecule has 110 valence electrons. The number of halogens is 3. The van der Waals surface area contributed by atoms with E-state index in [1.54, 1.807) is 12.1 Å². The van der Waals surface area contributed by atoms with Crippen molar-refractivity contribution < 1.29 is 23.0 Å². The van der Waals surface area contributed by atoms with Gasteiger partial charge in [-0.3, -0.25) is 0 Å². The molecule has 2 aliphatic rings. The number of ether oxygens (including phenoxy) is 1. The molecule has 3 rings (SSSR count). The Hall–Kier alpha value is -1.23. The van der Waals surface area contributed by atoms with Crippen LogP contribution in [0, 0.1) is 5.92 Å². The predicted molar refractivity (Wildman–Crippen MR) is 67.6 cm³/mol. The van der Waals surface area contributed by atoms with E-state index in [0.717, 1.165) is 12.0 Å². The number of para-hydroxylation sites is 1. The molecular formula is C15H17F3O2. The summed E-state index contributed by atoms with van der Waals surface area (Å²) in [7, 11) is 0. The molecule has 1 fully saturated rings. The van der Waals surface area contributed by atoms with E-state index in [1.807, 2.05) is 6.07 Å². The van der Waals surface area contributed by atoms with Crippen LogP contribution in [0.15, 0.2) is 18.2 Å². The molecule has 1 saturated carbocycles. The number of hydrogen-bond acceptors (Lipinski definition) is 2. The summed E-state index contributed by atoms with van der Waals surface area (Å²) >= 11 is 0. The Morgan fingerprint density at radius 3 is 2.85 bits per heavy atom. The summed E-state index contributed by atoms with van der Waals surface area (Å²) < 4.78 is 44.3. The third kappa shape index (κ3) is 2.28. The number of fused-ring (bicyclic) bond motifs is 1. The van der Waals surface area contributed by atoms with Crippen molar-refractivity contribution in [2.24, 2.45) is 5.92 Å².